The second-order valence-corrected chi connectivity index (χ2v) is 6.18. The van der Waals surface area contributed by atoms with Gasteiger partial charge in [-0.25, -0.2) is 0 Å². The molecule has 3 rings (SSSR count). The summed E-state index contributed by atoms with van der Waals surface area (Å²) in [4.78, 5) is 0. The van der Waals surface area contributed by atoms with Crippen LogP contribution in [-0.4, -0.2) is 0 Å². The van der Waals surface area contributed by atoms with E-state index in [1.54, 1.807) is 0 Å². The molecule has 0 aliphatic rings. The summed E-state index contributed by atoms with van der Waals surface area (Å²) in [5.41, 5.74) is 7.16. The van der Waals surface area contributed by atoms with Gasteiger partial charge in [-0.05, 0) is 47.1 Å². The summed E-state index contributed by atoms with van der Waals surface area (Å²) in [5, 5.41) is 0. The molecule has 0 atom stereocenters. The predicted octanol–water partition coefficient (Wildman–Crippen LogP) is 5.82. The van der Waals surface area contributed by atoms with E-state index in [9.17, 15) is 0 Å². The predicted molar refractivity (Wildman–Crippen MR) is 98.9 cm³/mol. The highest BCUT2D eigenvalue weighted by Gasteiger charge is 2.05. The summed E-state index contributed by atoms with van der Waals surface area (Å²) >= 11 is 0. The molecule has 23 heavy (non-hydrogen) atoms. The van der Waals surface area contributed by atoms with Crippen molar-refractivity contribution in [2.45, 2.75) is 32.6 Å². The van der Waals surface area contributed by atoms with Gasteiger partial charge in [-0.2, -0.15) is 0 Å². The van der Waals surface area contributed by atoms with E-state index in [0.29, 0.717) is 0 Å². The van der Waals surface area contributed by atoms with Gasteiger partial charge in [0, 0.05) is 0 Å². The molecule has 0 aliphatic carbocycles. The van der Waals surface area contributed by atoms with Gasteiger partial charge in [0.05, 0.1) is 0 Å². The summed E-state index contributed by atoms with van der Waals surface area (Å²) in [7, 11) is 0. The van der Waals surface area contributed by atoms with Crippen molar-refractivity contribution in [3.8, 4) is 0 Å². The lowest BCUT2D eigenvalue weighted by atomic mass is 9.93. The Bertz CT molecular complexity index is 727. The average Bonchev–Trinajstić information content (AvgIpc) is 2.59. The van der Waals surface area contributed by atoms with Gasteiger partial charge in [-0.3, -0.25) is 0 Å². The largest absolute Gasteiger partial charge is 0.0651 e. The number of hydrogen-bond acceptors (Lipinski definition) is 0. The fraction of sp³-hybridized carbons (Fsp3) is 0.217. The molecule has 0 radical (unpaired) electrons. The summed E-state index contributed by atoms with van der Waals surface area (Å²) in [5.74, 6) is 0. The third-order valence-corrected chi connectivity index (χ3v) is 4.28. The SMILES string of the molecule is CCCc1cc(Cc2ccccc2)ccc1Cc1ccccc1. The van der Waals surface area contributed by atoms with Crippen LogP contribution in [0.15, 0.2) is 78.9 Å². The van der Waals surface area contributed by atoms with E-state index in [4.69, 9.17) is 0 Å². The van der Waals surface area contributed by atoms with Crippen LogP contribution in [-0.2, 0) is 19.3 Å². The molecule has 0 bridgehead atoms. The Labute approximate surface area is 139 Å². The van der Waals surface area contributed by atoms with Crippen LogP contribution in [0.3, 0.4) is 0 Å². The van der Waals surface area contributed by atoms with Gasteiger partial charge in [-0.15, -0.1) is 0 Å². The van der Waals surface area contributed by atoms with Crippen LogP contribution in [0, 0.1) is 0 Å². The Morgan fingerprint density at radius 2 is 1.17 bits per heavy atom. The second-order valence-electron chi connectivity index (χ2n) is 6.18. The van der Waals surface area contributed by atoms with Crippen LogP contribution in [0.1, 0.15) is 41.2 Å². The fourth-order valence-corrected chi connectivity index (χ4v) is 3.11. The molecular formula is C23H24. The molecule has 0 nitrogen and oxygen atoms in total. The first-order chi connectivity index (χ1) is 11.3. The van der Waals surface area contributed by atoms with Crippen molar-refractivity contribution in [3.63, 3.8) is 0 Å². The van der Waals surface area contributed by atoms with E-state index in [1.807, 2.05) is 0 Å². The highest BCUT2D eigenvalue weighted by Crippen LogP contribution is 2.20. The summed E-state index contributed by atoms with van der Waals surface area (Å²) in [6, 6.07) is 28.5. The lowest BCUT2D eigenvalue weighted by Crippen LogP contribution is -1.98. The van der Waals surface area contributed by atoms with Gasteiger partial charge in [0.2, 0.25) is 0 Å². The molecule has 0 saturated carbocycles. The Morgan fingerprint density at radius 3 is 1.78 bits per heavy atom. The molecule has 0 fully saturated rings. The van der Waals surface area contributed by atoms with Crippen LogP contribution in [0.4, 0.5) is 0 Å². The van der Waals surface area contributed by atoms with Crippen molar-refractivity contribution in [3.05, 3.63) is 107 Å². The van der Waals surface area contributed by atoms with Gasteiger partial charge in [0.15, 0.2) is 0 Å². The van der Waals surface area contributed by atoms with Crippen molar-refractivity contribution >= 4 is 0 Å². The fourth-order valence-electron chi connectivity index (χ4n) is 3.11. The Balaban J connectivity index is 1.83. The first-order valence-electron chi connectivity index (χ1n) is 8.53. The van der Waals surface area contributed by atoms with E-state index < -0.39 is 0 Å². The number of benzene rings is 3. The summed E-state index contributed by atoms with van der Waals surface area (Å²) in [6.45, 7) is 2.26. The monoisotopic (exact) mass is 300 g/mol. The molecule has 116 valence electrons. The topological polar surface area (TPSA) is 0 Å². The minimum Gasteiger partial charge on any atom is -0.0651 e. The molecule has 0 spiro atoms. The maximum atomic E-state index is 2.41. The average molecular weight is 300 g/mol. The minimum absolute atomic E-state index is 1.02. The van der Waals surface area contributed by atoms with E-state index in [-0.39, 0.29) is 0 Å². The van der Waals surface area contributed by atoms with E-state index in [2.05, 4.69) is 85.8 Å². The van der Waals surface area contributed by atoms with Crippen molar-refractivity contribution in [1.29, 1.82) is 0 Å². The van der Waals surface area contributed by atoms with Crippen LogP contribution >= 0.6 is 0 Å². The molecule has 0 saturated heterocycles. The third kappa shape index (κ3) is 4.32. The number of aryl methyl sites for hydroxylation is 1. The molecular weight excluding hydrogens is 276 g/mol. The Morgan fingerprint density at radius 1 is 0.565 bits per heavy atom. The van der Waals surface area contributed by atoms with E-state index in [1.165, 1.54) is 34.2 Å². The molecule has 3 aromatic rings. The first-order valence-corrected chi connectivity index (χ1v) is 8.53. The van der Waals surface area contributed by atoms with E-state index in [0.717, 1.165) is 19.3 Å². The Hall–Kier alpha value is -2.34. The van der Waals surface area contributed by atoms with Gasteiger partial charge in [-0.1, -0.05) is 92.2 Å². The maximum absolute atomic E-state index is 2.41. The van der Waals surface area contributed by atoms with Gasteiger partial charge < -0.3 is 0 Å². The van der Waals surface area contributed by atoms with E-state index >= 15 is 0 Å². The zero-order valence-electron chi connectivity index (χ0n) is 13.8. The quantitative estimate of drug-likeness (QED) is 0.538. The van der Waals surface area contributed by atoms with Crippen LogP contribution in [0.25, 0.3) is 0 Å². The van der Waals surface area contributed by atoms with Gasteiger partial charge in [0.1, 0.15) is 0 Å². The third-order valence-electron chi connectivity index (χ3n) is 4.28. The highest BCUT2D eigenvalue weighted by atomic mass is 14.1. The summed E-state index contributed by atoms with van der Waals surface area (Å²) in [6.07, 6.45) is 4.40. The molecule has 0 unspecified atom stereocenters. The van der Waals surface area contributed by atoms with Crippen LogP contribution in [0.2, 0.25) is 0 Å². The maximum Gasteiger partial charge on any atom is -0.00230 e. The number of rotatable bonds is 6. The number of hydrogen-bond donors (Lipinski definition) is 0. The van der Waals surface area contributed by atoms with Crippen LogP contribution in [0.5, 0.6) is 0 Å². The molecule has 0 amide bonds. The zero-order valence-corrected chi connectivity index (χ0v) is 13.8. The van der Waals surface area contributed by atoms with Gasteiger partial charge in [0.25, 0.3) is 0 Å². The smallest absolute Gasteiger partial charge is 0.00230 e. The minimum atomic E-state index is 1.02. The van der Waals surface area contributed by atoms with Crippen LogP contribution < -0.4 is 0 Å². The van der Waals surface area contributed by atoms with Crippen molar-refractivity contribution < 1.29 is 0 Å². The normalized spacial score (nSPS) is 10.7. The standard InChI is InChI=1S/C23H24/c1-2-9-22-18-21(16-19-10-5-3-6-11-19)14-15-23(22)17-20-12-7-4-8-13-20/h3-8,10-15,18H,2,9,16-17H2,1H3. The molecule has 0 heteroatoms. The summed E-state index contributed by atoms with van der Waals surface area (Å²) < 4.78 is 0. The second kappa shape index (κ2) is 7.78. The lowest BCUT2D eigenvalue weighted by Gasteiger charge is -2.12. The highest BCUT2D eigenvalue weighted by molar-refractivity contribution is 5.38. The van der Waals surface area contributed by atoms with Crippen molar-refractivity contribution in [1.82, 2.24) is 0 Å². The molecule has 0 aromatic heterocycles. The molecule has 0 N–H and O–H groups in total. The zero-order chi connectivity index (χ0) is 15.9. The lowest BCUT2D eigenvalue weighted by molar-refractivity contribution is 0.900. The first kappa shape index (κ1) is 15.6. The molecule has 0 aliphatic heterocycles. The van der Waals surface area contributed by atoms with Crippen molar-refractivity contribution in [2.24, 2.45) is 0 Å². The molecule has 3 aromatic carbocycles. The molecule has 0 heterocycles. The Kier molecular flexibility index (Phi) is 5.26. The van der Waals surface area contributed by atoms with Gasteiger partial charge >= 0.3 is 0 Å². The van der Waals surface area contributed by atoms with Crippen molar-refractivity contribution in [2.75, 3.05) is 0 Å².